The van der Waals surface area contributed by atoms with Crippen LogP contribution in [0.1, 0.15) is 41.0 Å². The second kappa shape index (κ2) is 7.54. The van der Waals surface area contributed by atoms with E-state index in [-0.39, 0.29) is 6.09 Å². The molecular formula is C13H28N2O2. The fourth-order valence-electron chi connectivity index (χ4n) is 1.42. The van der Waals surface area contributed by atoms with Gasteiger partial charge in [-0.15, -0.1) is 0 Å². The summed E-state index contributed by atoms with van der Waals surface area (Å²) in [4.78, 5) is 13.6. The summed E-state index contributed by atoms with van der Waals surface area (Å²) >= 11 is 0. The van der Waals surface area contributed by atoms with Crippen LogP contribution in [0.5, 0.6) is 0 Å². The Morgan fingerprint density at radius 3 is 2.47 bits per heavy atom. The van der Waals surface area contributed by atoms with Crippen molar-refractivity contribution in [3.05, 3.63) is 0 Å². The molecule has 0 spiro atoms. The molecular weight excluding hydrogens is 216 g/mol. The van der Waals surface area contributed by atoms with E-state index in [4.69, 9.17) is 4.74 Å². The van der Waals surface area contributed by atoms with Gasteiger partial charge in [-0.25, -0.2) is 4.79 Å². The van der Waals surface area contributed by atoms with E-state index in [0.29, 0.717) is 12.5 Å². The lowest BCUT2D eigenvalue weighted by molar-refractivity contribution is 0.0523. The lowest BCUT2D eigenvalue weighted by atomic mass is 10.1. The summed E-state index contributed by atoms with van der Waals surface area (Å²) in [5.74, 6) is 0.696. The van der Waals surface area contributed by atoms with Gasteiger partial charge in [0.1, 0.15) is 5.60 Å². The van der Waals surface area contributed by atoms with Crippen molar-refractivity contribution in [3.8, 4) is 0 Å². The van der Waals surface area contributed by atoms with E-state index < -0.39 is 5.60 Å². The summed E-state index contributed by atoms with van der Waals surface area (Å²) in [6.45, 7) is 12.6. The molecule has 0 aliphatic carbocycles. The maximum Gasteiger partial charge on any atom is 0.407 e. The quantitative estimate of drug-likeness (QED) is 0.780. The third-order valence-electron chi connectivity index (χ3n) is 2.48. The molecule has 1 amide bonds. The molecule has 1 unspecified atom stereocenters. The van der Waals surface area contributed by atoms with Crippen molar-refractivity contribution < 1.29 is 9.53 Å². The second-order valence-electron chi connectivity index (χ2n) is 5.70. The number of alkyl carbamates (subject to hydrolysis) is 1. The Kier molecular flexibility index (Phi) is 7.19. The smallest absolute Gasteiger partial charge is 0.407 e. The summed E-state index contributed by atoms with van der Waals surface area (Å²) < 4.78 is 5.15. The molecule has 4 nitrogen and oxygen atoms in total. The second-order valence-corrected chi connectivity index (χ2v) is 5.70. The zero-order chi connectivity index (χ0) is 13.5. The van der Waals surface area contributed by atoms with Crippen molar-refractivity contribution in [2.24, 2.45) is 5.92 Å². The van der Waals surface area contributed by atoms with Crippen LogP contribution >= 0.6 is 0 Å². The standard InChI is InChI=1S/C13H28N2O2/c1-7-11(2)10-15(6)9-8-14-12(16)17-13(3,4)5/h11H,7-10H2,1-6H3,(H,14,16). The van der Waals surface area contributed by atoms with E-state index in [1.807, 2.05) is 20.8 Å². The SMILES string of the molecule is CCC(C)CN(C)CCNC(=O)OC(C)(C)C. The van der Waals surface area contributed by atoms with E-state index in [9.17, 15) is 4.79 Å². The van der Waals surface area contributed by atoms with Crippen molar-refractivity contribution in [2.45, 2.75) is 46.6 Å². The van der Waals surface area contributed by atoms with Crippen LogP contribution in [0.25, 0.3) is 0 Å². The topological polar surface area (TPSA) is 41.6 Å². The Morgan fingerprint density at radius 1 is 1.41 bits per heavy atom. The molecule has 0 rings (SSSR count). The number of likely N-dealkylation sites (N-methyl/N-ethyl adjacent to an activating group) is 1. The number of rotatable bonds is 6. The van der Waals surface area contributed by atoms with Gasteiger partial charge in [-0.05, 0) is 33.7 Å². The molecule has 0 bridgehead atoms. The van der Waals surface area contributed by atoms with Crippen LogP contribution in [0.3, 0.4) is 0 Å². The van der Waals surface area contributed by atoms with Crippen LogP contribution in [0.15, 0.2) is 0 Å². The fraction of sp³-hybridized carbons (Fsp3) is 0.923. The van der Waals surface area contributed by atoms with E-state index in [0.717, 1.165) is 13.1 Å². The molecule has 0 heterocycles. The van der Waals surface area contributed by atoms with Crippen LogP contribution < -0.4 is 5.32 Å². The van der Waals surface area contributed by atoms with Crippen LogP contribution in [-0.4, -0.2) is 43.3 Å². The van der Waals surface area contributed by atoms with E-state index in [1.165, 1.54) is 6.42 Å². The van der Waals surface area contributed by atoms with Crippen molar-refractivity contribution in [3.63, 3.8) is 0 Å². The van der Waals surface area contributed by atoms with Crippen LogP contribution in [0.2, 0.25) is 0 Å². The van der Waals surface area contributed by atoms with Crippen molar-refractivity contribution >= 4 is 6.09 Å². The first-order valence-corrected chi connectivity index (χ1v) is 6.40. The highest BCUT2D eigenvalue weighted by atomic mass is 16.6. The van der Waals surface area contributed by atoms with Gasteiger partial charge >= 0.3 is 6.09 Å². The first kappa shape index (κ1) is 16.2. The van der Waals surface area contributed by atoms with Gasteiger partial charge in [-0.1, -0.05) is 20.3 Å². The molecule has 102 valence electrons. The lowest BCUT2D eigenvalue weighted by Gasteiger charge is -2.22. The molecule has 17 heavy (non-hydrogen) atoms. The normalized spacial score (nSPS) is 13.6. The van der Waals surface area contributed by atoms with Crippen molar-refractivity contribution in [2.75, 3.05) is 26.7 Å². The molecule has 0 aliphatic heterocycles. The molecule has 4 heteroatoms. The number of amides is 1. The van der Waals surface area contributed by atoms with Crippen LogP contribution in [0, 0.1) is 5.92 Å². The van der Waals surface area contributed by atoms with Gasteiger partial charge in [0, 0.05) is 19.6 Å². The zero-order valence-electron chi connectivity index (χ0n) is 12.2. The number of hydrogen-bond donors (Lipinski definition) is 1. The highest BCUT2D eigenvalue weighted by Gasteiger charge is 2.15. The molecule has 0 aromatic rings. The van der Waals surface area contributed by atoms with Crippen molar-refractivity contribution in [1.82, 2.24) is 10.2 Å². The Bertz CT molecular complexity index is 224. The first-order valence-electron chi connectivity index (χ1n) is 6.40. The third kappa shape index (κ3) is 10.1. The van der Waals surface area contributed by atoms with Gasteiger partial charge in [0.25, 0.3) is 0 Å². The van der Waals surface area contributed by atoms with Gasteiger partial charge in [-0.3, -0.25) is 0 Å². The number of nitrogens with zero attached hydrogens (tertiary/aromatic N) is 1. The third-order valence-corrected chi connectivity index (χ3v) is 2.48. The van der Waals surface area contributed by atoms with Crippen LogP contribution in [0.4, 0.5) is 4.79 Å². The lowest BCUT2D eigenvalue weighted by Crippen LogP contribution is -2.37. The van der Waals surface area contributed by atoms with E-state index in [1.54, 1.807) is 0 Å². The first-order chi connectivity index (χ1) is 7.74. The molecule has 0 saturated heterocycles. The molecule has 0 saturated carbocycles. The highest BCUT2D eigenvalue weighted by molar-refractivity contribution is 5.67. The summed E-state index contributed by atoms with van der Waals surface area (Å²) in [6, 6.07) is 0. The van der Waals surface area contributed by atoms with Gasteiger partial charge in [0.15, 0.2) is 0 Å². The molecule has 0 aromatic carbocycles. The minimum absolute atomic E-state index is 0.338. The maximum atomic E-state index is 11.4. The summed E-state index contributed by atoms with van der Waals surface area (Å²) in [7, 11) is 2.07. The summed E-state index contributed by atoms with van der Waals surface area (Å²) in [5.41, 5.74) is -0.424. The van der Waals surface area contributed by atoms with Crippen LogP contribution in [-0.2, 0) is 4.74 Å². The number of hydrogen-bond acceptors (Lipinski definition) is 3. The Morgan fingerprint density at radius 2 is 2.00 bits per heavy atom. The van der Waals surface area contributed by atoms with Gasteiger partial charge in [0.2, 0.25) is 0 Å². The minimum Gasteiger partial charge on any atom is -0.444 e. The minimum atomic E-state index is -0.424. The van der Waals surface area contributed by atoms with E-state index >= 15 is 0 Å². The maximum absolute atomic E-state index is 11.4. The monoisotopic (exact) mass is 244 g/mol. The van der Waals surface area contributed by atoms with Gasteiger partial charge in [0.05, 0.1) is 0 Å². The number of ether oxygens (including phenoxy) is 1. The molecule has 0 aliphatic rings. The highest BCUT2D eigenvalue weighted by Crippen LogP contribution is 2.06. The zero-order valence-corrected chi connectivity index (χ0v) is 12.2. The summed E-state index contributed by atoms with van der Waals surface area (Å²) in [5, 5.41) is 2.76. The van der Waals surface area contributed by atoms with Gasteiger partial charge in [-0.2, -0.15) is 0 Å². The van der Waals surface area contributed by atoms with Gasteiger partial charge < -0.3 is 15.0 Å². The Hall–Kier alpha value is -0.770. The predicted octanol–water partition coefficient (Wildman–Crippen LogP) is 2.49. The molecule has 0 radical (unpaired) electrons. The largest absolute Gasteiger partial charge is 0.444 e. The average Bonchev–Trinajstić information content (AvgIpc) is 2.14. The number of nitrogens with one attached hydrogen (secondary N) is 1. The molecule has 1 N–H and O–H groups in total. The molecule has 1 atom stereocenters. The average molecular weight is 244 g/mol. The van der Waals surface area contributed by atoms with Crippen molar-refractivity contribution in [1.29, 1.82) is 0 Å². The number of carbonyl (C=O) groups excluding carboxylic acids is 1. The number of carbonyl (C=O) groups is 1. The molecule has 0 fully saturated rings. The summed E-state index contributed by atoms with van der Waals surface area (Å²) in [6.07, 6.45) is 0.846. The fourth-order valence-corrected chi connectivity index (χ4v) is 1.42. The Balaban J connectivity index is 3.66. The van der Waals surface area contributed by atoms with E-state index in [2.05, 4.69) is 31.1 Å². The predicted molar refractivity (Wildman–Crippen MR) is 71.2 cm³/mol. The molecule has 0 aromatic heterocycles. The Labute approximate surface area is 106 Å².